The largest absolute Gasteiger partial charge is 0.383 e. The molecule has 0 amide bonds. The second-order valence-electron chi connectivity index (χ2n) is 5.45. The predicted octanol–water partition coefficient (Wildman–Crippen LogP) is 5.09. The Morgan fingerprint density at radius 1 is 1.15 bits per heavy atom. The van der Waals surface area contributed by atoms with Crippen LogP contribution in [0.4, 0.5) is 5.82 Å². The lowest BCUT2D eigenvalue weighted by molar-refractivity contribution is 0.565. The maximum absolute atomic E-state index is 6.22. The molecule has 0 saturated carbocycles. The van der Waals surface area contributed by atoms with Gasteiger partial charge in [-0.2, -0.15) is 0 Å². The molecule has 3 nitrogen and oxygen atoms in total. The molecule has 0 radical (unpaired) electrons. The highest BCUT2D eigenvalue weighted by molar-refractivity contribution is 9.10. The zero-order chi connectivity index (χ0) is 15.1. The Balaban J connectivity index is 2.71. The van der Waals surface area contributed by atoms with Crippen LogP contribution in [0.1, 0.15) is 26.5 Å². The SMILES string of the molecule is CC(C)(C)c1nc(-c2cccc(Cl)c2Cl)nc(N)c1Br. The molecule has 0 atom stereocenters. The number of nitrogens with two attached hydrogens (primary N) is 1. The number of hydrogen-bond acceptors (Lipinski definition) is 3. The molecule has 1 heterocycles. The fraction of sp³-hybridized carbons (Fsp3) is 0.286. The summed E-state index contributed by atoms with van der Waals surface area (Å²) in [6.45, 7) is 6.18. The first kappa shape index (κ1) is 15.5. The molecule has 0 fully saturated rings. The number of benzene rings is 1. The van der Waals surface area contributed by atoms with Gasteiger partial charge in [-0.3, -0.25) is 0 Å². The third kappa shape index (κ3) is 2.92. The molecule has 106 valence electrons. The second-order valence-corrected chi connectivity index (χ2v) is 7.02. The van der Waals surface area contributed by atoms with Gasteiger partial charge in [0.1, 0.15) is 5.82 Å². The molecule has 0 aliphatic carbocycles. The van der Waals surface area contributed by atoms with E-state index in [1.54, 1.807) is 6.07 Å². The number of halogens is 3. The van der Waals surface area contributed by atoms with Gasteiger partial charge in [0, 0.05) is 11.0 Å². The minimum absolute atomic E-state index is 0.171. The van der Waals surface area contributed by atoms with E-state index in [9.17, 15) is 0 Å². The zero-order valence-electron chi connectivity index (χ0n) is 11.3. The van der Waals surface area contributed by atoms with Gasteiger partial charge >= 0.3 is 0 Å². The molecular formula is C14H14BrCl2N3. The lowest BCUT2D eigenvalue weighted by Crippen LogP contribution is -2.17. The molecule has 0 bridgehead atoms. The summed E-state index contributed by atoms with van der Waals surface area (Å²) in [7, 11) is 0. The lowest BCUT2D eigenvalue weighted by atomic mass is 9.91. The van der Waals surface area contributed by atoms with Crippen molar-refractivity contribution in [3.8, 4) is 11.4 Å². The van der Waals surface area contributed by atoms with Gasteiger partial charge in [-0.25, -0.2) is 9.97 Å². The third-order valence-corrected chi connectivity index (χ3v) is 4.38. The average Bonchev–Trinajstić information content (AvgIpc) is 2.34. The average molecular weight is 375 g/mol. The monoisotopic (exact) mass is 373 g/mol. The summed E-state index contributed by atoms with van der Waals surface area (Å²) in [4.78, 5) is 8.89. The first-order chi connectivity index (χ1) is 9.21. The zero-order valence-corrected chi connectivity index (χ0v) is 14.4. The number of nitrogen functional groups attached to an aromatic ring is 1. The van der Waals surface area contributed by atoms with Gasteiger partial charge in [0.2, 0.25) is 0 Å². The van der Waals surface area contributed by atoms with Crippen LogP contribution < -0.4 is 5.73 Å². The molecule has 0 saturated heterocycles. The van der Waals surface area contributed by atoms with E-state index in [4.69, 9.17) is 28.9 Å². The van der Waals surface area contributed by atoms with Crippen molar-refractivity contribution in [3.05, 3.63) is 38.4 Å². The Kier molecular flexibility index (Phi) is 4.28. The van der Waals surface area contributed by atoms with Crippen molar-refractivity contribution in [2.24, 2.45) is 0 Å². The molecule has 0 aliphatic rings. The van der Waals surface area contributed by atoms with Gasteiger partial charge in [-0.05, 0) is 28.1 Å². The van der Waals surface area contributed by atoms with Crippen molar-refractivity contribution in [1.29, 1.82) is 0 Å². The van der Waals surface area contributed by atoms with Crippen molar-refractivity contribution in [1.82, 2.24) is 9.97 Å². The highest BCUT2D eigenvalue weighted by atomic mass is 79.9. The van der Waals surface area contributed by atoms with E-state index < -0.39 is 0 Å². The topological polar surface area (TPSA) is 51.8 Å². The van der Waals surface area contributed by atoms with Crippen molar-refractivity contribution in [2.45, 2.75) is 26.2 Å². The standard InChI is InChI=1S/C14H14BrCl2N3/c1-14(2,3)11-9(15)12(18)20-13(19-11)7-5-4-6-8(16)10(7)17/h4-6H,1-3H3,(H2,18,19,20). The van der Waals surface area contributed by atoms with Gasteiger partial charge in [0.05, 0.1) is 20.2 Å². The molecule has 2 N–H and O–H groups in total. The number of rotatable bonds is 1. The number of nitrogens with zero attached hydrogens (tertiary/aromatic N) is 2. The Bertz CT molecular complexity index is 666. The summed E-state index contributed by atoms with van der Waals surface area (Å²) >= 11 is 15.7. The summed E-state index contributed by atoms with van der Waals surface area (Å²) in [5, 5.41) is 0.891. The third-order valence-electron chi connectivity index (χ3n) is 2.78. The minimum Gasteiger partial charge on any atom is -0.383 e. The van der Waals surface area contributed by atoms with Crippen LogP contribution >= 0.6 is 39.1 Å². The van der Waals surface area contributed by atoms with Crippen LogP contribution in [-0.2, 0) is 5.41 Å². The highest BCUT2D eigenvalue weighted by Crippen LogP contribution is 2.36. The van der Waals surface area contributed by atoms with E-state index in [0.717, 1.165) is 5.69 Å². The first-order valence-electron chi connectivity index (χ1n) is 5.99. The molecule has 2 aromatic rings. The maximum atomic E-state index is 6.22. The fourth-order valence-corrected chi connectivity index (χ4v) is 2.92. The van der Waals surface area contributed by atoms with Crippen LogP contribution in [0.5, 0.6) is 0 Å². The van der Waals surface area contributed by atoms with Crippen LogP contribution in [-0.4, -0.2) is 9.97 Å². The maximum Gasteiger partial charge on any atom is 0.163 e. The molecule has 1 aromatic heterocycles. The summed E-state index contributed by atoms with van der Waals surface area (Å²) in [5.41, 5.74) is 7.30. The molecule has 2 rings (SSSR count). The van der Waals surface area contributed by atoms with Crippen LogP contribution in [0.2, 0.25) is 10.0 Å². The summed E-state index contributed by atoms with van der Waals surface area (Å²) in [6.07, 6.45) is 0. The summed E-state index contributed by atoms with van der Waals surface area (Å²) in [6, 6.07) is 5.35. The van der Waals surface area contributed by atoms with E-state index >= 15 is 0 Å². The van der Waals surface area contributed by atoms with Crippen LogP contribution in [0.25, 0.3) is 11.4 Å². The smallest absolute Gasteiger partial charge is 0.163 e. The summed E-state index contributed by atoms with van der Waals surface area (Å²) < 4.78 is 0.715. The van der Waals surface area contributed by atoms with E-state index in [-0.39, 0.29) is 5.41 Å². The van der Waals surface area contributed by atoms with Gasteiger partial charge in [-0.1, -0.05) is 50.0 Å². The Labute approximate surface area is 136 Å². The van der Waals surface area contributed by atoms with E-state index in [0.29, 0.717) is 31.7 Å². The van der Waals surface area contributed by atoms with Crippen LogP contribution in [0, 0.1) is 0 Å². The Morgan fingerprint density at radius 2 is 1.80 bits per heavy atom. The van der Waals surface area contributed by atoms with Gasteiger partial charge in [0.25, 0.3) is 0 Å². The van der Waals surface area contributed by atoms with E-state index in [2.05, 4.69) is 46.7 Å². The first-order valence-corrected chi connectivity index (χ1v) is 7.54. The molecule has 0 spiro atoms. The molecular weight excluding hydrogens is 361 g/mol. The van der Waals surface area contributed by atoms with Crippen molar-refractivity contribution < 1.29 is 0 Å². The van der Waals surface area contributed by atoms with E-state index in [1.807, 2.05) is 12.1 Å². The van der Waals surface area contributed by atoms with Gasteiger partial charge in [0.15, 0.2) is 5.82 Å². The predicted molar refractivity (Wildman–Crippen MR) is 88.3 cm³/mol. The van der Waals surface area contributed by atoms with E-state index in [1.165, 1.54) is 0 Å². The Morgan fingerprint density at radius 3 is 2.40 bits per heavy atom. The number of hydrogen-bond donors (Lipinski definition) is 1. The van der Waals surface area contributed by atoms with Gasteiger partial charge < -0.3 is 5.73 Å². The molecule has 20 heavy (non-hydrogen) atoms. The second kappa shape index (κ2) is 5.51. The van der Waals surface area contributed by atoms with Crippen LogP contribution in [0.3, 0.4) is 0 Å². The van der Waals surface area contributed by atoms with Gasteiger partial charge in [-0.15, -0.1) is 0 Å². The normalized spacial score (nSPS) is 11.7. The number of aromatic nitrogens is 2. The quantitative estimate of drug-likeness (QED) is 0.755. The van der Waals surface area contributed by atoms with Crippen LogP contribution in [0.15, 0.2) is 22.7 Å². The fourth-order valence-electron chi connectivity index (χ4n) is 1.76. The number of anilines is 1. The summed E-state index contributed by atoms with van der Waals surface area (Å²) in [5.74, 6) is 0.860. The molecule has 6 heteroatoms. The molecule has 1 aromatic carbocycles. The highest BCUT2D eigenvalue weighted by Gasteiger charge is 2.23. The minimum atomic E-state index is -0.171. The van der Waals surface area contributed by atoms with Crippen molar-refractivity contribution in [2.75, 3.05) is 5.73 Å². The molecule has 0 unspecified atom stereocenters. The van der Waals surface area contributed by atoms with Crippen molar-refractivity contribution in [3.63, 3.8) is 0 Å². The Hall–Kier alpha value is -0.840. The molecule has 0 aliphatic heterocycles. The lowest BCUT2D eigenvalue weighted by Gasteiger charge is -2.21. The van der Waals surface area contributed by atoms with Crippen molar-refractivity contribution >= 4 is 44.9 Å².